The van der Waals surface area contributed by atoms with E-state index in [-0.39, 0.29) is 11.4 Å². The zero-order valence-electron chi connectivity index (χ0n) is 20.2. The molecule has 1 aliphatic rings. The number of hydrogen-bond acceptors (Lipinski definition) is 5. The lowest BCUT2D eigenvalue weighted by Crippen LogP contribution is -2.48. The van der Waals surface area contributed by atoms with Crippen LogP contribution in [0.4, 0.5) is 18.9 Å². The Morgan fingerprint density at radius 1 is 1.03 bits per heavy atom. The highest BCUT2D eigenvalue weighted by atomic mass is 19.4. The molecule has 2 aromatic heterocycles. The number of halogens is 3. The van der Waals surface area contributed by atoms with E-state index in [0.29, 0.717) is 48.9 Å². The Hall–Kier alpha value is -3.82. The largest absolute Gasteiger partial charge is 0.449 e. The topological polar surface area (TPSA) is 67.4 Å². The molecular formula is C26H26F3N5O2. The van der Waals surface area contributed by atoms with Gasteiger partial charge in [0, 0.05) is 56.0 Å². The number of alkyl halides is 3. The molecule has 0 unspecified atom stereocenters. The van der Waals surface area contributed by atoms with Crippen molar-refractivity contribution in [2.75, 3.05) is 31.1 Å². The Bertz CT molecular complexity index is 1400. The van der Waals surface area contributed by atoms with E-state index in [9.17, 15) is 18.0 Å². The number of amides is 1. The van der Waals surface area contributed by atoms with Crippen LogP contribution >= 0.6 is 0 Å². The second-order valence-electron chi connectivity index (χ2n) is 9.17. The van der Waals surface area contributed by atoms with Gasteiger partial charge in [0.15, 0.2) is 11.7 Å². The molecule has 4 aromatic rings. The molecule has 2 aromatic carbocycles. The normalized spacial score (nSPS) is 14.8. The highest BCUT2D eigenvalue weighted by Crippen LogP contribution is 2.34. The third kappa shape index (κ3) is 4.43. The van der Waals surface area contributed by atoms with Crippen molar-refractivity contribution in [2.45, 2.75) is 33.0 Å². The fourth-order valence-corrected chi connectivity index (χ4v) is 4.64. The molecule has 36 heavy (non-hydrogen) atoms. The second kappa shape index (κ2) is 9.00. The zero-order valence-corrected chi connectivity index (χ0v) is 20.2. The summed E-state index contributed by atoms with van der Waals surface area (Å²) in [5.41, 5.74) is 2.86. The number of aromatic nitrogens is 3. The standard InChI is InChI=1S/C26H26F3N5O2/c1-16(2)34-22-9-6-19(14-21(22)31-25(34)26(27,28)29)24(35)33-12-10-32(11-13-33)20-7-4-18(5-8-20)23-15-30-17(3)36-23/h4-9,14-16H,10-13H2,1-3H3. The van der Waals surface area contributed by atoms with Gasteiger partial charge in [-0.2, -0.15) is 13.2 Å². The first kappa shape index (κ1) is 23.9. The molecule has 7 nitrogen and oxygen atoms in total. The SMILES string of the molecule is Cc1ncc(-c2ccc(N3CCN(C(=O)c4ccc5c(c4)nc(C(F)(F)F)n5C(C)C)CC3)cc2)o1. The van der Waals surface area contributed by atoms with Gasteiger partial charge >= 0.3 is 6.18 Å². The van der Waals surface area contributed by atoms with E-state index in [0.717, 1.165) is 15.8 Å². The maximum Gasteiger partial charge on any atom is 0.449 e. The fraction of sp³-hybridized carbons (Fsp3) is 0.346. The maximum atomic E-state index is 13.5. The maximum absolute atomic E-state index is 13.5. The summed E-state index contributed by atoms with van der Waals surface area (Å²) in [6, 6.07) is 12.2. The number of anilines is 1. The first-order valence-corrected chi connectivity index (χ1v) is 11.8. The van der Waals surface area contributed by atoms with Crippen LogP contribution in [-0.4, -0.2) is 51.5 Å². The van der Waals surface area contributed by atoms with Crippen LogP contribution in [0.3, 0.4) is 0 Å². The number of oxazole rings is 1. The average Bonchev–Trinajstić information content (AvgIpc) is 3.47. The molecule has 1 aliphatic heterocycles. The van der Waals surface area contributed by atoms with Gasteiger partial charge in [-0.3, -0.25) is 4.79 Å². The average molecular weight is 498 g/mol. The Morgan fingerprint density at radius 2 is 1.72 bits per heavy atom. The molecule has 0 aliphatic carbocycles. The number of fused-ring (bicyclic) bond motifs is 1. The van der Waals surface area contributed by atoms with Crippen LogP contribution in [0.2, 0.25) is 0 Å². The van der Waals surface area contributed by atoms with Crippen LogP contribution in [0.5, 0.6) is 0 Å². The molecule has 0 spiro atoms. The van der Waals surface area contributed by atoms with Gasteiger partial charge in [0.1, 0.15) is 0 Å². The molecule has 1 amide bonds. The van der Waals surface area contributed by atoms with E-state index >= 15 is 0 Å². The predicted molar refractivity (Wildman–Crippen MR) is 130 cm³/mol. The van der Waals surface area contributed by atoms with Gasteiger partial charge in [-0.05, 0) is 56.3 Å². The van der Waals surface area contributed by atoms with Crippen molar-refractivity contribution in [3.63, 3.8) is 0 Å². The van der Waals surface area contributed by atoms with Crippen LogP contribution in [0.15, 0.2) is 53.1 Å². The Kier molecular flexibility index (Phi) is 5.97. The monoisotopic (exact) mass is 497 g/mol. The van der Waals surface area contributed by atoms with Crippen molar-refractivity contribution in [1.29, 1.82) is 0 Å². The number of nitrogens with zero attached hydrogens (tertiary/aromatic N) is 5. The third-order valence-electron chi connectivity index (χ3n) is 6.41. The first-order valence-electron chi connectivity index (χ1n) is 11.8. The van der Waals surface area contributed by atoms with Gasteiger partial charge in [0.25, 0.3) is 5.91 Å². The molecule has 0 N–H and O–H groups in total. The minimum absolute atomic E-state index is 0.169. The number of carbonyl (C=O) groups excluding carboxylic acids is 1. The Labute approximate surface area is 206 Å². The summed E-state index contributed by atoms with van der Waals surface area (Å²) in [6.07, 6.45) is -2.88. The molecule has 5 rings (SSSR count). The molecule has 0 saturated carbocycles. The minimum atomic E-state index is -4.57. The van der Waals surface area contributed by atoms with E-state index in [1.54, 1.807) is 44.0 Å². The fourth-order valence-electron chi connectivity index (χ4n) is 4.64. The summed E-state index contributed by atoms with van der Waals surface area (Å²) in [4.78, 5) is 25.0. The number of carbonyl (C=O) groups is 1. The summed E-state index contributed by atoms with van der Waals surface area (Å²) in [5, 5.41) is 0. The lowest BCUT2D eigenvalue weighted by Gasteiger charge is -2.36. The van der Waals surface area contributed by atoms with Crippen molar-refractivity contribution in [3.05, 3.63) is 65.9 Å². The summed E-state index contributed by atoms with van der Waals surface area (Å²) in [5.74, 6) is 0.172. The number of rotatable bonds is 4. The summed E-state index contributed by atoms with van der Waals surface area (Å²) >= 11 is 0. The van der Waals surface area contributed by atoms with E-state index in [1.165, 1.54) is 6.07 Å². The summed E-state index contributed by atoms with van der Waals surface area (Å²) in [7, 11) is 0. The van der Waals surface area contributed by atoms with Crippen molar-refractivity contribution in [3.8, 4) is 11.3 Å². The number of imidazole rings is 1. The molecule has 1 fully saturated rings. The van der Waals surface area contributed by atoms with Crippen molar-refractivity contribution in [2.24, 2.45) is 0 Å². The molecule has 0 bridgehead atoms. The molecule has 0 radical (unpaired) electrons. The van der Waals surface area contributed by atoms with E-state index in [4.69, 9.17) is 4.42 Å². The van der Waals surface area contributed by atoms with Gasteiger partial charge < -0.3 is 18.8 Å². The highest BCUT2D eigenvalue weighted by Gasteiger charge is 2.38. The molecule has 188 valence electrons. The minimum Gasteiger partial charge on any atom is -0.441 e. The predicted octanol–water partition coefficient (Wildman–Crippen LogP) is 5.56. The number of benzene rings is 2. The summed E-state index contributed by atoms with van der Waals surface area (Å²) in [6.45, 7) is 7.47. The lowest BCUT2D eigenvalue weighted by molar-refractivity contribution is -0.147. The van der Waals surface area contributed by atoms with Crippen LogP contribution in [0.25, 0.3) is 22.4 Å². The molecule has 0 atom stereocenters. The van der Waals surface area contributed by atoms with Crippen molar-refractivity contribution < 1.29 is 22.4 Å². The van der Waals surface area contributed by atoms with Crippen molar-refractivity contribution >= 4 is 22.6 Å². The third-order valence-corrected chi connectivity index (χ3v) is 6.41. The van der Waals surface area contributed by atoms with Crippen molar-refractivity contribution in [1.82, 2.24) is 19.4 Å². The Balaban J connectivity index is 1.29. The van der Waals surface area contributed by atoms with Gasteiger partial charge in [0.2, 0.25) is 5.82 Å². The molecule has 1 saturated heterocycles. The van der Waals surface area contributed by atoms with Gasteiger partial charge in [-0.15, -0.1) is 0 Å². The number of aryl methyl sites for hydroxylation is 1. The van der Waals surface area contributed by atoms with Gasteiger partial charge in [-0.1, -0.05) is 0 Å². The van der Waals surface area contributed by atoms with Crippen LogP contribution in [0.1, 0.15) is 42.0 Å². The number of piperazine rings is 1. The quantitative estimate of drug-likeness (QED) is 0.369. The van der Waals surface area contributed by atoms with Crippen LogP contribution < -0.4 is 4.90 Å². The van der Waals surface area contributed by atoms with Crippen LogP contribution in [-0.2, 0) is 6.18 Å². The highest BCUT2D eigenvalue weighted by molar-refractivity contribution is 5.97. The van der Waals surface area contributed by atoms with E-state index < -0.39 is 18.0 Å². The Morgan fingerprint density at radius 3 is 2.31 bits per heavy atom. The van der Waals surface area contributed by atoms with Gasteiger partial charge in [0.05, 0.1) is 17.2 Å². The van der Waals surface area contributed by atoms with E-state index in [2.05, 4.69) is 14.9 Å². The lowest BCUT2D eigenvalue weighted by atomic mass is 10.1. The molecule has 10 heteroatoms. The van der Waals surface area contributed by atoms with E-state index in [1.807, 2.05) is 24.3 Å². The first-order chi connectivity index (χ1) is 17.1. The zero-order chi connectivity index (χ0) is 25.6. The molecule has 3 heterocycles. The van der Waals surface area contributed by atoms with Crippen LogP contribution in [0, 0.1) is 6.92 Å². The number of hydrogen-bond donors (Lipinski definition) is 0. The molecular weight excluding hydrogens is 471 g/mol. The second-order valence-corrected chi connectivity index (χ2v) is 9.17. The summed E-state index contributed by atoms with van der Waals surface area (Å²) < 4.78 is 47.3. The smallest absolute Gasteiger partial charge is 0.441 e. The van der Waals surface area contributed by atoms with Gasteiger partial charge in [-0.25, -0.2) is 9.97 Å².